The summed E-state index contributed by atoms with van der Waals surface area (Å²) >= 11 is 1.86. The lowest BCUT2D eigenvalue weighted by molar-refractivity contribution is 0.117. The van der Waals surface area contributed by atoms with Gasteiger partial charge in [-0.15, -0.1) is 11.3 Å². The molecule has 1 aromatic heterocycles. The van der Waals surface area contributed by atoms with Gasteiger partial charge in [0.2, 0.25) is 0 Å². The van der Waals surface area contributed by atoms with Crippen LogP contribution in [0.25, 0.3) is 0 Å². The fourth-order valence-electron chi connectivity index (χ4n) is 2.48. The number of nitrogens with one attached hydrogen (secondary N) is 1. The van der Waals surface area contributed by atoms with Crippen molar-refractivity contribution >= 4 is 11.3 Å². The van der Waals surface area contributed by atoms with Gasteiger partial charge in [-0.05, 0) is 38.0 Å². The molecule has 3 heteroatoms. The van der Waals surface area contributed by atoms with E-state index < -0.39 is 0 Å². The van der Waals surface area contributed by atoms with Crippen LogP contribution in [-0.2, 0) is 16.8 Å². The summed E-state index contributed by atoms with van der Waals surface area (Å²) in [6.07, 6.45) is 0. The first-order valence-corrected chi connectivity index (χ1v) is 7.72. The molecule has 1 heterocycles. The molecule has 0 bridgehead atoms. The Bertz CT molecular complexity index is 549. The largest absolute Gasteiger partial charge is 0.382 e. The highest BCUT2D eigenvalue weighted by Gasteiger charge is 2.26. The third kappa shape index (κ3) is 3.48. The normalized spacial score (nSPS) is 14.2. The van der Waals surface area contributed by atoms with E-state index in [9.17, 15) is 0 Å². The predicted octanol–water partition coefficient (Wildman–Crippen LogP) is 4.02. The van der Waals surface area contributed by atoms with E-state index in [1.165, 1.54) is 20.9 Å². The minimum absolute atomic E-state index is 0.168. The summed E-state index contributed by atoms with van der Waals surface area (Å²) in [6.45, 7) is 8.06. The smallest absolute Gasteiger partial charge is 0.0683 e. The molecule has 20 heavy (non-hydrogen) atoms. The molecule has 2 nitrogen and oxygen atoms in total. The Hall–Kier alpha value is -1.16. The second-order valence-corrected chi connectivity index (χ2v) is 6.88. The van der Waals surface area contributed by atoms with Gasteiger partial charge in [-0.3, -0.25) is 0 Å². The van der Waals surface area contributed by atoms with Crippen molar-refractivity contribution in [1.29, 1.82) is 0 Å². The van der Waals surface area contributed by atoms with E-state index in [4.69, 9.17) is 4.74 Å². The highest BCUT2D eigenvalue weighted by molar-refractivity contribution is 7.12. The van der Waals surface area contributed by atoms with Crippen molar-refractivity contribution in [2.75, 3.05) is 13.7 Å². The van der Waals surface area contributed by atoms with Crippen LogP contribution in [0.5, 0.6) is 0 Å². The summed E-state index contributed by atoms with van der Waals surface area (Å²) in [7, 11) is 1.75. The van der Waals surface area contributed by atoms with Crippen LogP contribution in [0.3, 0.4) is 0 Å². The van der Waals surface area contributed by atoms with Gasteiger partial charge in [0.25, 0.3) is 0 Å². The molecule has 2 rings (SSSR count). The highest BCUT2D eigenvalue weighted by atomic mass is 32.1. The maximum Gasteiger partial charge on any atom is 0.0683 e. The third-order valence-electron chi connectivity index (χ3n) is 3.66. The zero-order chi connectivity index (χ0) is 14.6. The van der Waals surface area contributed by atoms with Gasteiger partial charge in [0.15, 0.2) is 0 Å². The topological polar surface area (TPSA) is 21.3 Å². The van der Waals surface area contributed by atoms with Crippen LogP contribution in [0.2, 0.25) is 0 Å². The van der Waals surface area contributed by atoms with Crippen LogP contribution in [0.1, 0.15) is 27.8 Å². The fourth-order valence-corrected chi connectivity index (χ4v) is 3.43. The maximum atomic E-state index is 5.43. The SMILES string of the molecule is COCC(C)(NCc1cc(C)sc1C)c1ccccc1. The van der Waals surface area contributed by atoms with Crippen LogP contribution in [0.15, 0.2) is 36.4 Å². The maximum absolute atomic E-state index is 5.43. The average Bonchev–Trinajstić information content (AvgIpc) is 2.76. The fraction of sp³-hybridized carbons (Fsp3) is 0.412. The van der Waals surface area contributed by atoms with Crippen LogP contribution in [-0.4, -0.2) is 13.7 Å². The van der Waals surface area contributed by atoms with E-state index in [0.29, 0.717) is 6.61 Å². The Morgan fingerprint density at radius 1 is 1.20 bits per heavy atom. The van der Waals surface area contributed by atoms with Gasteiger partial charge in [-0.25, -0.2) is 0 Å². The Balaban J connectivity index is 2.15. The quantitative estimate of drug-likeness (QED) is 0.867. The second-order valence-electron chi connectivity index (χ2n) is 5.42. The van der Waals surface area contributed by atoms with Crippen LogP contribution in [0.4, 0.5) is 0 Å². The zero-order valence-corrected chi connectivity index (χ0v) is 13.5. The van der Waals surface area contributed by atoms with Gasteiger partial charge >= 0.3 is 0 Å². The summed E-state index contributed by atoms with van der Waals surface area (Å²) in [4.78, 5) is 2.76. The van der Waals surface area contributed by atoms with Crippen molar-refractivity contribution in [2.24, 2.45) is 0 Å². The van der Waals surface area contributed by atoms with Crippen molar-refractivity contribution in [1.82, 2.24) is 5.32 Å². The third-order valence-corrected chi connectivity index (χ3v) is 4.66. The van der Waals surface area contributed by atoms with Crippen molar-refractivity contribution in [3.63, 3.8) is 0 Å². The summed E-state index contributed by atoms with van der Waals surface area (Å²) < 4.78 is 5.43. The first-order valence-electron chi connectivity index (χ1n) is 6.90. The van der Waals surface area contributed by atoms with Crippen molar-refractivity contribution in [3.8, 4) is 0 Å². The molecule has 1 atom stereocenters. The lowest BCUT2D eigenvalue weighted by Gasteiger charge is -2.31. The monoisotopic (exact) mass is 289 g/mol. The Kier molecular flexibility index (Phi) is 4.97. The molecular weight excluding hydrogens is 266 g/mol. The van der Waals surface area contributed by atoms with E-state index in [1.807, 2.05) is 17.4 Å². The van der Waals surface area contributed by atoms with Crippen molar-refractivity contribution in [3.05, 3.63) is 57.3 Å². The van der Waals surface area contributed by atoms with Crippen molar-refractivity contribution in [2.45, 2.75) is 32.9 Å². The van der Waals surface area contributed by atoms with E-state index in [0.717, 1.165) is 6.54 Å². The van der Waals surface area contributed by atoms with Gasteiger partial charge in [0.05, 0.1) is 12.1 Å². The molecule has 2 aromatic rings. The molecule has 0 aliphatic heterocycles. The summed E-state index contributed by atoms with van der Waals surface area (Å²) in [6, 6.07) is 12.8. The Morgan fingerprint density at radius 3 is 2.45 bits per heavy atom. The number of rotatable bonds is 6. The molecule has 0 fully saturated rings. The van der Waals surface area contributed by atoms with Crippen LogP contribution < -0.4 is 5.32 Å². The minimum atomic E-state index is -0.168. The molecule has 108 valence electrons. The molecule has 0 saturated carbocycles. The highest BCUT2D eigenvalue weighted by Crippen LogP contribution is 2.24. The molecule has 0 aliphatic rings. The summed E-state index contributed by atoms with van der Waals surface area (Å²) in [5.41, 5.74) is 2.47. The molecule has 1 N–H and O–H groups in total. The van der Waals surface area contributed by atoms with E-state index in [2.05, 4.69) is 56.4 Å². The molecule has 0 spiro atoms. The zero-order valence-electron chi connectivity index (χ0n) is 12.7. The number of hydrogen-bond donors (Lipinski definition) is 1. The molecular formula is C17H23NOS. The summed E-state index contributed by atoms with van der Waals surface area (Å²) in [5, 5.41) is 3.67. The lowest BCUT2D eigenvalue weighted by Crippen LogP contribution is -2.43. The van der Waals surface area contributed by atoms with E-state index >= 15 is 0 Å². The standard InChI is InChI=1S/C17H23NOS/c1-13-10-15(14(2)20-13)11-18-17(3,12-19-4)16-8-6-5-7-9-16/h5-10,18H,11-12H2,1-4H3. The number of ether oxygens (including phenoxy) is 1. The Labute approximate surface area is 125 Å². The molecule has 0 radical (unpaired) electrons. The lowest BCUT2D eigenvalue weighted by atomic mass is 9.92. The second kappa shape index (κ2) is 6.53. The van der Waals surface area contributed by atoms with Gasteiger partial charge in [-0.1, -0.05) is 30.3 Å². The van der Waals surface area contributed by atoms with Crippen molar-refractivity contribution < 1.29 is 4.74 Å². The first kappa shape index (κ1) is 15.2. The van der Waals surface area contributed by atoms with Crippen LogP contribution in [0, 0.1) is 13.8 Å². The molecule has 0 aliphatic carbocycles. The number of methoxy groups -OCH3 is 1. The first-order chi connectivity index (χ1) is 9.55. The number of hydrogen-bond acceptors (Lipinski definition) is 3. The molecule has 0 amide bonds. The van der Waals surface area contributed by atoms with Gasteiger partial charge in [0, 0.05) is 23.4 Å². The van der Waals surface area contributed by atoms with Gasteiger partial charge < -0.3 is 10.1 Å². The predicted molar refractivity (Wildman–Crippen MR) is 86.3 cm³/mol. The molecule has 0 saturated heterocycles. The number of benzene rings is 1. The van der Waals surface area contributed by atoms with Crippen LogP contribution >= 0.6 is 11.3 Å². The molecule has 1 unspecified atom stereocenters. The number of thiophene rings is 1. The average molecular weight is 289 g/mol. The van der Waals surface area contributed by atoms with E-state index in [1.54, 1.807) is 7.11 Å². The van der Waals surface area contributed by atoms with Gasteiger partial charge in [-0.2, -0.15) is 0 Å². The summed E-state index contributed by atoms with van der Waals surface area (Å²) in [5.74, 6) is 0. The molecule has 1 aromatic carbocycles. The number of aryl methyl sites for hydroxylation is 2. The van der Waals surface area contributed by atoms with E-state index in [-0.39, 0.29) is 5.54 Å². The Morgan fingerprint density at radius 2 is 1.90 bits per heavy atom. The minimum Gasteiger partial charge on any atom is -0.382 e. The van der Waals surface area contributed by atoms with Gasteiger partial charge in [0.1, 0.15) is 0 Å².